The monoisotopic (exact) mass is 399 g/mol. The van der Waals surface area contributed by atoms with Crippen molar-refractivity contribution in [3.05, 3.63) is 47.8 Å². The summed E-state index contributed by atoms with van der Waals surface area (Å²) in [6.45, 7) is 3.00. The summed E-state index contributed by atoms with van der Waals surface area (Å²) in [6.07, 6.45) is -1.25. The van der Waals surface area contributed by atoms with Crippen LogP contribution < -0.4 is 0 Å². The van der Waals surface area contributed by atoms with E-state index >= 15 is 0 Å². The summed E-state index contributed by atoms with van der Waals surface area (Å²) < 4.78 is 54.7. The first kappa shape index (κ1) is 20.3. The maximum absolute atomic E-state index is 14.2. The van der Waals surface area contributed by atoms with Crippen molar-refractivity contribution in [3.63, 3.8) is 0 Å². The van der Waals surface area contributed by atoms with Gasteiger partial charge in [0.2, 0.25) is 5.60 Å². The maximum atomic E-state index is 14.2. The Morgan fingerprint density at radius 2 is 2.04 bits per heavy atom. The minimum atomic E-state index is -3.18. The molecule has 2 heterocycles. The van der Waals surface area contributed by atoms with E-state index < -0.39 is 29.6 Å². The highest BCUT2D eigenvalue weighted by Crippen LogP contribution is 2.35. The Hall–Kier alpha value is -2.42. The van der Waals surface area contributed by atoms with Gasteiger partial charge in [0.25, 0.3) is 12.3 Å². The summed E-state index contributed by atoms with van der Waals surface area (Å²) in [5.74, 6) is -2.72. The molecule has 1 aliphatic heterocycles. The second-order valence-corrected chi connectivity index (χ2v) is 7.34. The Labute approximate surface area is 159 Å². The molecule has 5 nitrogen and oxygen atoms in total. The van der Waals surface area contributed by atoms with Gasteiger partial charge in [0, 0.05) is 37.0 Å². The Morgan fingerprint density at radius 1 is 1.32 bits per heavy atom. The molecular weight excluding hydrogens is 378 g/mol. The molecule has 0 spiro atoms. The number of carbonyl (C=O) groups is 1. The minimum Gasteiger partial charge on any atom is -0.375 e. The number of benzene rings is 1. The number of hydrogen-bond donors (Lipinski definition) is 1. The van der Waals surface area contributed by atoms with E-state index in [9.17, 15) is 27.5 Å². The van der Waals surface area contributed by atoms with Crippen molar-refractivity contribution in [2.45, 2.75) is 38.2 Å². The van der Waals surface area contributed by atoms with Crippen LogP contribution >= 0.6 is 0 Å². The number of aromatic nitrogens is 2. The number of amides is 1. The second kappa shape index (κ2) is 7.54. The highest BCUT2D eigenvalue weighted by molar-refractivity contribution is 5.85. The number of halogens is 4. The van der Waals surface area contributed by atoms with Gasteiger partial charge in [0.1, 0.15) is 11.5 Å². The van der Waals surface area contributed by atoms with E-state index in [4.69, 9.17) is 0 Å². The van der Waals surface area contributed by atoms with E-state index in [0.717, 1.165) is 19.1 Å². The van der Waals surface area contributed by atoms with Gasteiger partial charge in [-0.15, -0.1) is 0 Å². The molecule has 152 valence electrons. The van der Waals surface area contributed by atoms with Gasteiger partial charge in [0.15, 0.2) is 5.82 Å². The van der Waals surface area contributed by atoms with Crippen LogP contribution in [0.15, 0.2) is 30.5 Å². The number of likely N-dealkylation sites (tertiary alicyclic amines) is 1. The lowest BCUT2D eigenvalue weighted by atomic mass is 9.83. The second-order valence-electron chi connectivity index (χ2n) is 7.34. The molecule has 0 bridgehead atoms. The fraction of sp³-hybridized carbons (Fsp3) is 0.474. The van der Waals surface area contributed by atoms with Crippen molar-refractivity contribution >= 4 is 5.91 Å². The van der Waals surface area contributed by atoms with Gasteiger partial charge in [0.05, 0.1) is 0 Å². The zero-order valence-corrected chi connectivity index (χ0v) is 15.4. The van der Waals surface area contributed by atoms with E-state index in [-0.39, 0.29) is 30.6 Å². The van der Waals surface area contributed by atoms with Crippen LogP contribution in [-0.4, -0.2) is 50.8 Å². The van der Waals surface area contributed by atoms with Crippen LogP contribution in [0.1, 0.15) is 31.9 Å². The highest BCUT2D eigenvalue weighted by Gasteiger charge is 2.45. The summed E-state index contributed by atoms with van der Waals surface area (Å²) in [6, 6.07) is 4.93. The van der Waals surface area contributed by atoms with E-state index in [0.29, 0.717) is 12.1 Å². The van der Waals surface area contributed by atoms with Gasteiger partial charge in [-0.1, -0.05) is 6.92 Å². The topological polar surface area (TPSA) is 58.4 Å². The van der Waals surface area contributed by atoms with Crippen LogP contribution in [0.5, 0.6) is 0 Å². The Morgan fingerprint density at radius 3 is 2.64 bits per heavy atom. The first-order valence-electron chi connectivity index (χ1n) is 8.92. The molecule has 2 aromatic rings. The zero-order valence-electron chi connectivity index (χ0n) is 15.4. The van der Waals surface area contributed by atoms with Crippen molar-refractivity contribution in [2.24, 2.45) is 5.92 Å². The first-order chi connectivity index (χ1) is 13.1. The van der Waals surface area contributed by atoms with Gasteiger partial charge in [-0.25, -0.2) is 22.2 Å². The molecule has 1 aliphatic rings. The Kier molecular flexibility index (Phi) is 5.47. The summed E-state index contributed by atoms with van der Waals surface area (Å²) >= 11 is 0. The minimum absolute atomic E-state index is 0.104. The predicted molar refractivity (Wildman–Crippen MR) is 93.2 cm³/mol. The average Bonchev–Trinajstić information content (AvgIpc) is 3.09. The highest BCUT2D eigenvalue weighted by atomic mass is 19.3. The quantitative estimate of drug-likeness (QED) is 0.804. The lowest BCUT2D eigenvalue weighted by Gasteiger charge is -2.39. The van der Waals surface area contributed by atoms with Crippen molar-refractivity contribution in [1.82, 2.24) is 14.7 Å². The van der Waals surface area contributed by atoms with Gasteiger partial charge in [-0.2, -0.15) is 5.10 Å². The number of alkyl halides is 2. The lowest BCUT2D eigenvalue weighted by molar-refractivity contribution is -0.167. The Bertz CT molecular complexity index is 869. The third-order valence-electron chi connectivity index (χ3n) is 5.24. The molecule has 1 saturated heterocycles. The molecule has 9 heteroatoms. The molecule has 1 aromatic heterocycles. The molecule has 1 fully saturated rings. The fourth-order valence-electron chi connectivity index (χ4n) is 3.63. The lowest BCUT2D eigenvalue weighted by Crippen LogP contribution is -2.54. The van der Waals surface area contributed by atoms with Gasteiger partial charge < -0.3 is 10.0 Å². The number of aliphatic hydroxyl groups is 1. The summed E-state index contributed by atoms with van der Waals surface area (Å²) in [5, 5.41) is 13.9. The largest absolute Gasteiger partial charge is 0.375 e. The van der Waals surface area contributed by atoms with E-state index in [1.807, 2.05) is 6.92 Å². The van der Waals surface area contributed by atoms with Crippen LogP contribution in [-0.2, 0) is 4.79 Å². The van der Waals surface area contributed by atoms with Crippen LogP contribution in [0.25, 0.3) is 5.69 Å². The number of nitrogens with zero attached hydrogens (tertiary/aromatic N) is 3. The van der Waals surface area contributed by atoms with Gasteiger partial charge >= 0.3 is 0 Å². The van der Waals surface area contributed by atoms with Crippen molar-refractivity contribution < 1.29 is 27.5 Å². The number of piperidine rings is 1. The molecule has 3 rings (SSSR count). The summed E-state index contributed by atoms with van der Waals surface area (Å²) in [7, 11) is 0. The van der Waals surface area contributed by atoms with E-state index in [1.165, 1.54) is 21.8 Å². The molecule has 0 saturated carbocycles. The molecule has 0 aliphatic carbocycles. The average molecular weight is 399 g/mol. The van der Waals surface area contributed by atoms with Gasteiger partial charge in [-0.05, 0) is 37.5 Å². The molecule has 3 atom stereocenters. The van der Waals surface area contributed by atoms with E-state index in [1.54, 1.807) is 6.07 Å². The van der Waals surface area contributed by atoms with Gasteiger partial charge in [-0.3, -0.25) is 4.79 Å². The van der Waals surface area contributed by atoms with E-state index in [2.05, 4.69) is 5.10 Å². The standard InChI is InChI=1S/C19H21F4N3O2/c1-11-10-25(18(27)19(2,28)17(22)23)8-6-13(11)15-5-7-24-26(15)16-4-3-12(20)9-14(16)21/h3-5,7,9,11,13,17,28H,6,8,10H2,1-2H3/t11-,13+,19+/m1/s1. The number of hydrogen-bond acceptors (Lipinski definition) is 3. The molecule has 0 unspecified atom stereocenters. The van der Waals surface area contributed by atoms with Crippen molar-refractivity contribution in [2.75, 3.05) is 13.1 Å². The Balaban J connectivity index is 1.81. The molecular formula is C19H21F4N3O2. The first-order valence-corrected chi connectivity index (χ1v) is 8.92. The molecule has 1 N–H and O–H groups in total. The number of carbonyl (C=O) groups excluding carboxylic acids is 1. The summed E-state index contributed by atoms with van der Waals surface area (Å²) in [4.78, 5) is 13.5. The number of rotatable bonds is 4. The third kappa shape index (κ3) is 3.63. The zero-order chi connectivity index (χ0) is 20.6. The molecule has 28 heavy (non-hydrogen) atoms. The van der Waals surface area contributed by atoms with Crippen molar-refractivity contribution in [3.8, 4) is 5.69 Å². The summed E-state index contributed by atoms with van der Waals surface area (Å²) in [5.41, 5.74) is -1.94. The van der Waals surface area contributed by atoms with Crippen LogP contribution in [0.2, 0.25) is 0 Å². The van der Waals surface area contributed by atoms with Crippen LogP contribution in [0.4, 0.5) is 17.6 Å². The molecule has 1 amide bonds. The van der Waals surface area contributed by atoms with Crippen molar-refractivity contribution in [1.29, 1.82) is 0 Å². The molecule has 1 aromatic carbocycles. The third-order valence-corrected chi connectivity index (χ3v) is 5.24. The fourth-order valence-corrected chi connectivity index (χ4v) is 3.63. The van der Waals surface area contributed by atoms with Crippen LogP contribution in [0, 0.1) is 17.6 Å². The SMILES string of the molecule is C[C@@H]1CN(C(=O)[C@@](C)(O)C(F)F)CC[C@@H]1c1ccnn1-c1ccc(F)cc1F. The smallest absolute Gasteiger partial charge is 0.275 e. The molecule has 0 radical (unpaired) electrons. The predicted octanol–water partition coefficient (Wildman–Crippen LogP) is 3.12. The maximum Gasteiger partial charge on any atom is 0.275 e. The normalized spacial score (nSPS) is 22.4. The van der Waals surface area contributed by atoms with Crippen LogP contribution in [0.3, 0.4) is 0 Å².